The predicted molar refractivity (Wildman–Crippen MR) is 72.8 cm³/mol. The molecule has 18 heavy (non-hydrogen) atoms. The third-order valence-corrected chi connectivity index (χ3v) is 3.88. The van der Waals surface area contributed by atoms with Crippen molar-refractivity contribution in [3.05, 3.63) is 15.6 Å². The third kappa shape index (κ3) is 4.72. The Labute approximate surface area is 112 Å². The zero-order chi connectivity index (χ0) is 13.5. The highest BCUT2D eigenvalue weighted by atomic mass is 32.1. The molecule has 0 fully saturated rings. The maximum absolute atomic E-state index is 11.6. The first-order valence-electron chi connectivity index (χ1n) is 5.99. The van der Waals surface area contributed by atoms with Crippen molar-refractivity contribution >= 4 is 17.2 Å². The lowest BCUT2D eigenvalue weighted by molar-refractivity contribution is -0.123. The van der Waals surface area contributed by atoms with Gasteiger partial charge in [-0.15, -0.1) is 11.3 Å². The maximum Gasteiger partial charge on any atom is 0.222 e. The average molecular weight is 271 g/mol. The zero-order valence-corrected chi connectivity index (χ0v) is 12.0. The molecule has 6 heteroatoms. The molecule has 1 atom stereocenters. The van der Waals surface area contributed by atoms with Crippen molar-refractivity contribution in [1.82, 2.24) is 10.3 Å². The largest absolute Gasteiger partial charge is 0.380 e. The van der Waals surface area contributed by atoms with Gasteiger partial charge >= 0.3 is 0 Å². The number of hydrogen-bond acceptors (Lipinski definition) is 5. The number of nitrogens with one attached hydrogen (secondary N) is 1. The molecule has 0 saturated carbocycles. The minimum Gasteiger partial charge on any atom is -0.380 e. The Bertz CT molecular complexity index is 369. The number of nitrogens with two attached hydrogens (primary N) is 1. The number of nitrogens with zero attached hydrogens (tertiary/aromatic N) is 1. The molecule has 102 valence electrons. The van der Waals surface area contributed by atoms with Crippen LogP contribution >= 0.6 is 11.3 Å². The van der Waals surface area contributed by atoms with Crippen molar-refractivity contribution in [1.29, 1.82) is 0 Å². The van der Waals surface area contributed by atoms with E-state index in [2.05, 4.69) is 17.2 Å². The van der Waals surface area contributed by atoms with E-state index in [1.54, 1.807) is 18.4 Å². The lowest BCUT2D eigenvalue weighted by Gasteiger charge is -2.12. The Kier molecular flexibility index (Phi) is 6.24. The second-order valence-electron chi connectivity index (χ2n) is 4.15. The number of amides is 1. The van der Waals surface area contributed by atoms with Gasteiger partial charge in [-0.2, -0.15) is 0 Å². The first-order valence-corrected chi connectivity index (χ1v) is 6.81. The summed E-state index contributed by atoms with van der Waals surface area (Å²) in [4.78, 5) is 17.2. The molecule has 5 nitrogen and oxygen atoms in total. The summed E-state index contributed by atoms with van der Waals surface area (Å²) in [6.07, 6.45) is 0.878. The molecule has 3 N–H and O–H groups in total. The van der Waals surface area contributed by atoms with Crippen LogP contribution in [0.25, 0.3) is 0 Å². The molecule has 1 rings (SSSR count). The van der Waals surface area contributed by atoms with Gasteiger partial charge in [0.2, 0.25) is 5.91 Å². The number of carbonyl (C=O) groups excluding carboxylic acids is 1. The quantitative estimate of drug-likeness (QED) is 0.768. The summed E-state index contributed by atoms with van der Waals surface area (Å²) in [6, 6.07) is 0. The minimum atomic E-state index is -0.200. The van der Waals surface area contributed by atoms with E-state index >= 15 is 0 Å². The van der Waals surface area contributed by atoms with Crippen LogP contribution in [0.3, 0.4) is 0 Å². The van der Waals surface area contributed by atoms with Gasteiger partial charge in [0.1, 0.15) is 0 Å². The molecule has 1 amide bonds. The molecule has 0 spiro atoms. The number of rotatable bonds is 7. The first kappa shape index (κ1) is 15.1. The standard InChI is InChI=1S/C12H21N3O2S/c1-8-9(2)18-12(15-8)4-5-14-11(16)6-10(7-13)17-3/h10H,4-7,13H2,1-3H3,(H,14,16). The summed E-state index contributed by atoms with van der Waals surface area (Å²) in [6.45, 7) is 5.01. The van der Waals surface area contributed by atoms with Gasteiger partial charge in [0.05, 0.1) is 23.2 Å². The topological polar surface area (TPSA) is 77.2 Å². The van der Waals surface area contributed by atoms with Crippen LogP contribution in [0.4, 0.5) is 0 Å². The normalized spacial score (nSPS) is 12.4. The summed E-state index contributed by atoms with van der Waals surface area (Å²) in [7, 11) is 1.56. The van der Waals surface area contributed by atoms with Gasteiger partial charge in [-0.3, -0.25) is 4.79 Å². The van der Waals surface area contributed by atoms with E-state index in [0.29, 0.717) is 19.5 Å². The summed E-state index contributed by atoms with van der Waals surface area (Å²) in [5.74, 6) is -0.0303. The number of ether oxygens (including phenoxy) is 1. The van der Waals surface area contributed by atoms with E-state index in [4.69, 9.17) is 10.5 Å². The Morgan fingerprint density at radius 3 is 2.78 bits per heavy atom. The van der Waals surface area contributed by atoms with Gasteiger partial charge in [0.25, 0.3) is 0 Å². The smallest absolute Gasteiger partial charge is 0.222 e. The van der Waals surface area contributed by atoms with Gasteiger partial charge < -0.3 is 15.8 Å². The van der Waals surface area contributed by atoms with E-state index in [1.165, 1.54) is 4.88 Å². The summed E-state index contributed by atoms with van der Waals surface area (Å²) < 4.78 is 5.06. The summed E-state index contributed by atoms with van der Waals surface area (Å²) in [5, 5.41) is 3.91. The highest BCUT2D eigenvalue weighted by Gasteiger charge is 2.11. The predicted octanol–water partition coefficient (Wildman–Crippen LogP) is 0.782. The van der Waals surface area contributed by atoms with Crippen LogP contribution in [0.1, 0.15) is 22.0 Å². The fourth-order valence-electron chi connectivity index (χ4n) is 1.50. The summed E-state index contributed by atoms with van der Waals surface area (Å²) in [5.41, 5.74) is 6.53. The van der Waals surface area contributed by atoms with Crippen molar-refractivity contribution in [3.63, 3.8) is 0 Å². The highest BCUT2D eigenvalue weighted by molar-refractivity contribution is 7.11. The van der Waals surface area contributed by atoms with E-state index in [0.717, 1.165) is 17.1 Å². The van der Waals surface area contributed by atoms with Crippen molar-refractivity contribution < 1.29 is 9.53 Å². The van der Waals surface area contributed by atoms with Crippen LogP contribution in [0.2, 0.25) is 0 Å². The minimum absolute atomic E-state index is 0.0303. The van der Waals surface area contributed by atoms with Gasteiger partial charge in [0.15, 0.2) is 0 Å². The Morgan fingerprint density at radius 2 is 2.28 bits per heavy atom. The molecule has 0 bridgehead atoms. The lowest BCUT2D eigenvalue weighted by atomic mass is 10.2. The summed E-state index contributed by atoms with van der Waals surface area (Å²) >= 11 is 1.68. The zero-order valence-electron chi connectivity index (χ0n) is 11.2. The van der Waals surface area contributed by atoms with Crippen molar-refractivity contribution in [2.24, 2.45) is 5.73 Å². The molecule has 1 aromatic heterocycles. The molecule has 0 aromatic carbocycles. The van der Waals surface area contributed by atoms with Crippen LogP contribution in [0.15, 0.2) is 0 Å². The van der Waals surface area contributed by atoms with E-state index in [-0.39, 0.29) is 12.0 Å². The van der Waals surface area contributed by atoms with Crippen LogP contribution in [0.5, 0.6) is 0 Å². The van der Waals surface area contributed by atoms with Crippen molar-refractivity contribution in [3.8, 4) is 0 Å². The number of carbonyl (C=O) groups is 1. The maximum atomic E-state index is 11.6. The number of aromatic nitrogens is 1. The number of methoxy groups -OCH3 is 1. The first-order chi connectivity index (χ1) is 8.56. The van der Waals surface area contributed by atoms with E-state index < -0.39 is 0 Å². The molecule has 1 heterocycles. The van der Waals surface area contributed by atoms with Crippen LogP contribution < -0.4 is 11.1 Å². The number of thiazole rings is 1. The second-order valence-corrected chi connectivity index (χ2v) is 5.43. The Morgan fingerprint density at radius 1 is 1.56 bits per heavy atom. The number of aryl methyl sites for hydroxylation is 2. The van der Waals surface area contributed by atoms with Gasteiger partial charge in [-0.05, 0) is 13.8 Å². The fraction of sp³-hybridized carbons (Fsp3) is 0.667. The van der Waals surface area contributed by atoms with Crippen LogP contribution in [-0.4, -0.2) is 37.2 Å². The molecule has 0 radical (unpaired) electrons. The molecule has 0 saturated heterocycles. The van der Waals surface area contributed by atoms with E-state index in [9.17, 15) is 4.79 Å². The third-order valence-electron chi connectivity index (χ3n) is 2.74. The monoisotopic (exact) mass is 271 g/mol. The SMILES string of the molecule is COC(CN)CC(=O)NCCc1nc(C)c(C)s1. The van der Waals surface area contributed by atoms with Crippen molar-refractivity contribution in [2.75, 3.05) is 20.2 Å². The highest BCUT2D eigenvalue weighted by Crippen LogP contribution is 2.16. The fourth-order valence-corrected chi connectivity index (χ4v) is 2.43. The molecular weight excluding hydrogens is 250 g/mol. The molecule has 0 aliphatic carbocycles. The second kappa shape index (κ2) is 7.45. The van der Waals surface area contributed by atoms with Crippen molar-refractivity contribution in [2.45, 2.75) is 32.8 Å². The van der Waals surface area contributed by atoms with Gasteiger partial charge in [-0.25, -0.2) is 4.98 Å². The lowest BCUT2D eigenvalue weighted by Crippen LogP contribution is -2.33. The van der Waals surface area contributed by atoms with Gasteiger partial charge in [0, 0.05) is 31.5 Å². The molecule has 0 aliphatic rings. The number of hydrogen-bond donors (Lipinski definition) is 2. The Hall–Kier alpha value is -0.980. The average Bonchev–Trinajstić information content (AvgIpc) is 2.65. The molecule has 1 unspecified atom stereocenters. The molecule has 1 aromatic rings. The molecular formula is C12H21N3O2S. The van der Waals surface area contributed by atoms with Crippen LogP contribution in [-0.2, 0) is 16.0 Å². The Balaban J connectivity index is 2.27. The molecule has 0 aliphatic heterocycles. The van der Waals surface area contributed by atoms with E-state index in [1.807, 2.05) is 6.92 Å². The van der Waals surface area contributed by atoms with Crippen LogP contribution in [0, 0.1) is 13.8 Å². The van der Waals surface area contributed by atoms with Gasteiger partial charge in [-0.1, -0.05) is 0 Å².